The van der Waals surface area contributed by atoms with Gasteiger partial charge in [-0.15, -0.1) is 0 Å². The zero-order valence-electron chi connectivity index (χ0n) is 12.8. The third-order valence-corrected chi connectivity index (χ3v) is 4.05. The smallest absolute Gasteiger partial charge is 0.335 e. The molecule has 1 aromatic carbocycles. The Balaban J connectivity index is 1.80. The number of ether oxygens (including phenoxy) is 1. The Labute approximate surface area is 136 Å². The molecule has 0 fully saturated rings. The molecule has 0 bridgehead atoms. The molecule has 7 nitrogen and oxygen atoms in total. The molecule has 3 heterocycles. The summed E-state index contributed by atoms with van der Waals surface area (Å²) in [6.07, 6.45) is 3.47. The number of aromatic nitrogens is 2. The topological polar surface area (TPSA) is 84.1 Å². The van der Waals surface area contributed by atoms with Gasteiger partial charge in [0, 0.05) is 25.0 Å². The fraction of sp³-hybridized carbons (Fsp3) is 0.118. The van der Waals surface area contributed by atoms with E-state index in [9.17, 15) is 9.59 Å². The minimum Gasteiger partial charge on any atom is -0.482 e. The Morgan fingerprint density at radius 2 is 2.12 bits per heavy atom. The molecule has 1 amide bonds. The largest absolute Gasteiger partial charge is 0.482 e. The van der Waals surface area contributed by atoms with Gasteiger partial charge in [-0.25, -0.2) is 9.78 Å². The normalized spacial score (nSPS) is 13.7. The van der Waals surface area contributed by atoms with Gasteiger partial charge in [0.15, 0.2) is 6.61 Å². The molecule has 0 unspecified atom stereocenters. The van der Waals surface area contributed by atoms with E-state index in [4.69, 9.17) is 9.84 Å². The molecular formula is C17H13N3O4. The van der Waals surface area contributed by atoms with Gasteiger partial charge >= 0.3 is 5.97 Å². The van der Waals surface area contributed by atoms with Crippen molar-refractivity contribution in [3.05, 3.63) is 48.3 Å². The summed E-state index contributed by atoms with van der Waals surface area (Å²) in [5.41, 5.74) is 2.92. The average molecular weight is 323 g/mol. The third kappa shape index (κ3) is 2.18. The van der Waals surface area contributed by atoms with Crippen molar-refractivity contribution in [1.29, 1.82) is 0 Å². The molecular weight excluding hydrogens is 310 g/mol. The molecule has 0 spiro atoms. The highest BCUT2D eigenvalue weighted by Crippen LogP contribution is 2.35. The second-order valence-electron chi connectivity index (χ2n) is 5.54. The van der Waals surface area contributed by atoms with Crippen LogP contribution in [0.4, 0.5) is 5.69 Å². The first-order chi connectivity index (χ1) is 11.5. The van der Waals surface area contributed by atoms with Crippen LogP contribution < -0.4 is 9.64 Å². The predicted octanol–water partition coefficient (Wildman–Crippen LogP) is 2.05. The zero-order chi connectivity index (χ0) is 16.8. The van der Waals surface area contributed by atoms with Crippen molar-refractivity contribution in [3.8, 4) is 17.0 Å². The van der Waals surface area contributed by atoms with E-state index in [1.54, 1.807) is 28.6 Å². The summed E-state index contributed by atoms with van der Waals surface area (Å²) >= 11 is 0. The molecule has 120 valence electrons. The number of fused-ring (bicyclic) bond motifs is 2. The van der Waals surface area contributed by atoms with Crippen LogP contribution in [-0.4, -0.2) is 40.0 Å². The maximum atomic E-state index is 11.8. The van der Waals surface area contributed by atoms with Crippen LogP contribution in [0.2, 0.25) is 0 Å². The van der Waals surface area contributed by atoms with E-state index in [2.05, 4.69) is 4.98 Å². The second-order valence-corrected chi connectivity index (χ2v) is 5.54. The van der Waals surface area contributed by atoms with E-state index in [1.807, 2.05) is 18.3 Å². The standard InChI is InChI=1S/C17H13N3O4/c1-19-13-6-10(2-3-14(13)24-9-16(19)21)12-8-20-5-4-11(17(22)23)7-15(20)18-12/h2-8H,9H2,1H3,(H,22,23). The van der Waals surface area contributed by atoms with Crippen LogP contribution in [0.5, 0.6) is 5.75 Å². The number of anilines is 1. The van der Waals surface area contributed by atoms with E-state index >= 15 is 0 Å². The lowest BCUT2D eigenvalue weighted by molar-refractivity contribution is -0.120. The van der Waals surface area contributed by atoms with Crippen molar-refractivity contribution in [2.24, 2.45) is 0 Å². The van der Waals surface area contributed by atoms with Gasteiger partial charge in [-0.1, -0.05) is 0 Å². The quantitative estimate of drug-likeness (QED) is 0.780. The summed E-state index contributed by atoms with van der Waals surface area (Å²) in [5.74, 6) is -0.452. The summed E-state index contributed by atoms with van der Waals surface area (Å²) in [6, 6.07) is 8.55. The molecule has 0 atom stereocenters. The number of hydrogen-bond donors (Lipinski definition) is 1. The molecule has 1 aliphatic rings. The highest BCUT2D eigenvalue weighted by molar-refractivity contribution is 5.98. The van der Waals surface area contributed by atoms with Gasteiger partial charge in [0.1, 0.15) is 11.4 Å². The van der Waals surface area contributed by atoms with Crippen molar-refractivity contribution in [2.45, 2.75) is 0 Å². The number of imidazole rings is 1. The van der Waals surface area contributed by atoms with Gasteiger partial charge in [0.25, 0.3) is 5.91 Å². The Hall–Kier alpha value is -3.35. The number of carboxylic acids is 1. The monoisotopic (exact) mass is 323 g/mol. The number of pyridine rings is 1. The van der Waals surface area contributed by atoms with Crippen molar-refractivity contribution in [3.63, 3.8) is 0 Å². The highest BCUT2D eigenvalue weighted by atomic mass is 16.5. The first-order valence-corrected chi connectivity index (χ1v) is 7.29. The van der Waals surface area contributed by atoms with Gasteiger partial charge < -0.3 is 19.1 Å². The number of aromatic carboxylic acids is 1. The maximum Gasteiger partial charge on any atom is 0.335 e. The number of hydrogen-bond acceptors (Lipinski definition) is 4. The molecule has 7 heteroatoms. The fourth-order valence-corrected chi connectivity index (χ4v) is 2.69. The number of benzene rings is 1. The lowest BCUT2D eigenvalue weighted by Crippen LogP contribution is -2.35. The van der Waals surface area contributed by atoms with Crippen LogP contribution in [0, 0.1) is 0 Å². The molecule has 0 aliphatic carbocycles. The first-order valence-electron chi connectivity index (χ1n) is 7.29. The van der Waals surface area contributed by atoms with Crippen LogP contribution in [0.15, 0.2) is 42.7 Å². The molecule has 0 saturated heterocycles. The predicted molar refractivity (Wildman–Crippen MR) is 86.5 cm³/mol. The Morgan fingerprint density at radius 3 is 2.92 bits per heavy atom. The molecule has 0 radical (unpaired) electrons. The molecule has 4 rings (SSSR count). The molecule has 2 aromatic heterocycles. The van der Waals surface area contributed by atoms with Crippen LogP contribution in [0.3, 0.4) is 0 Å². The van der Waals surface area contributed by atoms with Gasteiger partial charge in [-0.05, 0) is 30.3 Å². The van der Waals surface area contributed by atoms with Gasteiger partial charge in [0.2, 0.25) is 0 Å². The Morgan fingerprint density at radius 1 is 1.29 bits per heavy atom. The lowest BCUT2D eigenvalue weighted by Gasteiger charge is -2.26. The SMILES string of the molecule is CN1C(=O)COc2ccc(-c3cn4ccc(C(=O)O)cc4n3)cc21. The minimum absolute atomic E-state index is 0.0369. The number of carbonyl (C=O) groups excluding carboxylic acids is 1. The molecule has 24 heavy (non-hydrogen) atoms. The minimum atomic E-state index is -0.992. The van der Waals surface area contributed by atoms with Gasteiger partial charge in [-0.3, -0.25) is 4.79 Å². The summed E-state index contributed by atoms with van der Waals surface area (Å²) < 4.78 is 7.17. The molecule has 1 aliphatic heterocycles. The van der Waals surface area contributed by atoms with Gasteiger partial charge in [0.05, 0.1) is 16.9 Å². The number of nitrogens with zero attached hydrogens (tertiary/aromatic N) is 3. The molecule has 1 N–H and O–H groups in total. The van der Waals surface area contributed by atoms with E-state index in [-0.39, 0.29) is 18.1 Å². The number of amides is 1. The van der Waals surface area contributed by atoms with E-state index in [0.29, 0.717) is 22.8 Å². The van der Waals surface area contributed by atoms with E-state index in [1.165, 1.54) is 12.1 Å². The second kappa shape index (κ2) is 5.09. The number of likely N-dealkylation sites (N-methyl/N-ethyl adjacent to an activating group) is 1. The summed E-state index contributed by atoms with van der Waals surface area (Å²) in [7, 11) is 1.70. The summed E-state index contributed by atoms with van der Waals surface area (Å²) in [4.78, 5) is 28.9. The molecule has 3 aromatic rings. The van der Waals surface area contributed by atoms with Crippen molar-refractivity contribution >= 4 is 23.2 Å². The number of carbonyl (C=O) groups is 2. The third-order valence-electron chi connectivity index (χ3n) is 4.05. The summed E-state index contributed by atoms with van der Waals surface area (Å²) in [5, 5.41) is 9.07. The van der Waals surface area contributed by atoms with E-state index in [0.717, 1.165) is 5.56 Å². The van der Waals surface area contributed by atoms with Crippen LogP contribution in [0.25, 0.3) is 16.9 Å². The maximum absolute atomic E-state index is 11.8. The Kier molecular flexibility index (Phi) is 3.02. The number of carboxylic acid groups (broad SMARTS) is 1. The zero-order valence-corrected chi connectivity index (χ0v) is 12.8. The van der Waals surface area contributed by atoms with Crippen molar-refractivity contribution in [2.75, 3.05) is 18.6 Å². The first kappa shape index (κ1) is 14.3. The van der Waals surface area contributed by atoms with Gasteiger partial charge in [-0.2, -0.15) is 0 Å². The van der Waals surface area contributed by atoms with E-state index < -0.39 is 5.97 Å². The van der Waals surface area contributed by atoms with Crippen LogP contribution >= 0.6 is 0 Å². The van der Waals surface area contributed by atoms with Crippen LogP contribution in [-0.2, 0) is 4.79 Å². The fourth-order valence-electron chi connectivity index (χ4n) is 2.69. The highest BCUT2D eigenvalue weighted by Gasteiger charge is 2.22. The average Bonchev–Trinajstić information content (AvgIpc) is 3.01. The molecule has 0 saturated carbocycles. The number of rotatable bonds is 2. The Bertz CT molecular complexity index is 993. The van der Waals surface area contributed by atoms with Crippen LogP contribution in [0.1, 0.15) is 10.4 Å². The van der Waals surface area contributed by atoms with Crippen molar-refractivity contribution in [1.82, 2.24) is 9.38 Å². The van der Waals surface area contributed by atoms with Crippen molar-refractivity contribution < 1.29 is 19.4 Å². The summed E-state index contributed by atoms with van der Waals surface area (Å²) in [6.45, 7) is 0.0369. The lowest BCUT2D eigenvalue weighted by atomic mass is 10.1.